The van der Waals surface area contributed by atoms with Gasteiger partial charge in [0, 0.05) is 36.5 Å². The van der Waals surface area contributed by atoms with Crippen molar-refractivity contribution in [1.82, 2.24) is 14.7 Å². The first-order chi connectivity index (χ1) is 14.0. The Morgan fingerprint density at radius 2 is 1.83 bits per heavy atom. The van der Waals surface area contributed by atoms with E-state index in [1.807, 2.05) is 49.0 Å². The molecule has 3 aromatic rings. The number of carbonyl (C=O) groups excluding carboxylic acids is 1. The highest BCUT2D eigenvalue weighted by atomic mass is 16.1. The first-order valence-corrected chi connectivity index (χ1v) is 9.57. The van der Waals surface area contributed by atoms with Gasteiger partial charge in [-0.3, -0.25) is 4.79 Å². The van der Waals surface area contributed by atoms with Crippen LogP contribution in [0, 0.1) is 25.2 Å². The molecule has 0 aliphatic carbocycles. The van der Waals surface area contributed by atoms with Gasteiger partial charge in [0.2, 0.25) is 5.91 Å². The summed E-state index contributed by atoms with van der Waals surface area (Å²) in [5.74, 6) is -0.0463. The largest absolute Gasteiger partial charge is 0.326 e. The summed E-state index contributed by atoms with van der Waals surface area (Å²) in [7, 11) is 2.01. The summed E-state index contributed by atoms with van der Waals surface area (Å²) in [4.78, 5) is 14.4. The maximum atomic E-state index is 12.2. The number of hydrogen-bond acceptors (Lipinski definition) is 4. The van der Waals surface area contributed by atoms with Crippen LogP contribution in [-0.4, -0.2) is 34.2 Å². The Morgan fingerprint density at radius 1 is 1.14 bits per heavy atom. The van der Waals surface area contributed by atoms with E-state index < -0.39 is 0 Å². The second kappa shape index (κ2) is 9.18. The van der Waals surface area contributed by atoms with Gasteiger partial charge in [-0.2, -0.15) is 10.4 Å². The lowest BCUT2D eigenvalue weighted by molar-refractivity contribution is -0.116. The number of rotatable bonds is 7. The molecule has 1 heterocycles. The molecule has 6 nitrogen and oxygen atoms in total. The Kier molecular flexibility index (Phi) is 6.43. The van der Waals surface area contributed by atoms with Gasteiger partial charge in [0.1, 0.15) is 0 Å². The van der Waals surface area contributed by atoms with Crippen LogP contribution in [-0.2, 0) is 11.3 Å². The number of nitrogens with one attached hydrogen (secondary N) is 1. The summed E-state index contributed by atoms with van der Waals surface area (Å²) in [5.41, 5.74) is 5.62. The average Bonchev–Trinajstić information content (AvgIpc) is 3.02. The number of carbonyl (C=O) groups is 1. The van der Waals surface area contributed by atoms with Gasteiger partial charge in [-0.1, -0.05) is 18.2 Å². The van der Waals surface area contributed by atoms with E-state index in [1.54, 1.807) is 24.3 Å². The first-order valence-electron chi connectivity index (χ1n) is 9.57. The Hall–Kier alpha value is -3.43. The molecule has 0 spiro atoms. The number of benzene rings is 2. The number of aryl methyl sites for hydroxylation is 1. The first kappa shape index (κ1) is 20.3. The van der Waals surface area contributed by atoms with Crippen molar-refractivity contribution in [3.8, 4) is 11.8 Å². The second-order valence-corrected chi connectivity index (χ2v) is 7.12. The standard InChI is InChI=1S/C23H25N5O/c1-17-22(18(2)28(26-17)21-7-5-4-6-8-21)16-27(3)14-13-23(29)25-20-11-9-19(15-24)10-12-20/h4-12H,13-14,16H2,1-3H3,(H,25,29). The van der Waals surface area contributed by atoms with Crippen LogP contribution in [0.15, 0.2) is 54.6 Å². The number of hydrogen-bond donors (Lipinski definition) is 1. The molecule has 1 amide bonds. The third-order valence-corrected chi connectivity index (χ3v) is 4.89. The van der Waals surface area contributed by atoms with E-state index in [1.165, 1.54) is 5.56 Å². The summed E-state index contributed by atoms with van der Waals surface area (Å²) in [6, 6.07) is 19.0. The molecule has 148 valence electrons. The number of nitrogens with zero attached hydrogens (tertiary/aromatic N) is 4. The van der Waals surface area contributed by atoms with Gasteiger partial charge in [-0.15, -0.1) is 0 Å². The fourth-order valence-electron chi connectivity index (χ4n) is 3.22. The summed E-state index contributed by atoms with van der Waals surface area (Å²) in [5, 5.41) is 16.4. The molecule has 1 N–H and O–H groups in total. The molecular formula is C23H25N5O. The third-order valence-electron chi connectivity index (χ3n) is 4.89. The van der Waals surface area contributed by atoms with Crippen molar-refractivity contribution < 1.29 is 4.79 Å². The molecule has 0 aliphatic rings. The Balaban J connectivity index is 1.56. The molecule has 0 saturated heterocycles. The number of aromatic nitrogens is 2. The molecule has 0 radical (unpaired) electrons. The topological polar surface area (TPSA) is 74.0 Å². The zero-order valence-corrected chi connectivity index (χ0v) is 17.0. The lowest BCUT2D eigenvalue weighted by Gasteiger charge is -2.17. The minimum atomic E-state index is -0.0463. The quantitative estimate of drug-likeness (QED) is 0.669. The van der Waals surface area contributed by atoms with Crippen molar-refractivity contribution >= 4 is 11.6 Å². The van der Waals surface area contributed by atoms with Crippen LogP contribution in [0.2, 0.25) is 0 Å². The predicted molar refractivity (Wildman–Crippen MR) is 114 cm³/mol. The molecule has 0 fully saturated rings. The normalized spacial score (nSPS) is 10.7. The molecule has 29 heavy (non-hydrogen) atoms. The smallest absolute Gasteiger partial charge is 0.225 e. The van der Waals surface area contributed by atoms with E-state index in [-0.39, 0.29) is 5.91 Å². The van der Waals surface area contributed by atoms with Crippen molar-refractivity contribution in [2.24, 2.45) is 0 Å². The number of nitriles is 1. The highest BCUT2D eigenvalue weighted by Crippen LogP contribution is 2.19. The average molecular weight is 387 g/mol. The van der Waals surface area contributed by atoms with E-state index in [0.717, 1.165) is 23.6 Å². The fourth-order valence-corrected chi connectivity index (χ4v) is 3.22. The van der Waals surface area contributed by atoms with Crippen molar-refractivity contribution in [2.45, 2.75) is 26.8 Å². The van der Waals surface area contributed by atoms with Crippen molar-refractivity contribution in [2.75, 3.05) is 18.9 Å². The van der Waals surface area contributed by atoms with Crippen LogP contribution in [0.25, 0.3) is 5.69 Å². The molecule has 0 aliphatic heterocycles. The third kappa shape index (κ3) is 5.09. The van der Waals surface area contributed by atoms with Crippen LogP contribution < -0.4 is 5.32 Å². The van der Waals surface area contributed by atoms with E-state index >= 15 is 0 Å². The van der Waals surface area contributed by atoms with Crippen molar-refractivity contribution in [3.05, 3.63) is 77.1 Å². The second-order valence-electron chi connectivity index (χ2n) is 7.12. The summed E-state index contributed by atoms with van der Waals surface area (Å²) in [6.45, 7) is 5.47. The molecule has 3 rings (SSSR count). The van der Waals surface area contributed by atoms with Crippen LogP contribution in [0.5, 0.6) is 0 Å². The van der Waals surface area contributed by atoms with Gasteiger partial charge in [0.25, 0.3) is 0 Å². The maximum Gasteiger partial charge on any atom is 0.225 e. The van der Waals surface area contributed by atoms with E-state index in [2.05, 4.69) is 28.3 Å². The highest BCUT2D eigenvalue weighted by molar-refractivity contribution is 5.90. The van der Waals surface area contributed by atoms with Gasteiger partial charge < -0.3 is 10.2 Å². The molecule has 0 saturated carbocycles. The Labute approximate surface area is 171 Å². The molecular weight excluding hydrogens is 362 g/mol. The monoisotopic (exact) mass is 387 g/mol. The summed E-state index contributed by atoms with van der Waals surface area (Å²) in [6.07, 6.45) is 0.390. The molecule has 0 atom stereocenters. The van der Waals surface area contributed by atoms with Gasteiger partial charge in [-0.25, -0.2) is 4.68 Å². The summed E-state index contributed by atoms with van der Waals surface area (Å²) >= 11 is 0. The van der Waals surface area contributed by atoms with Crippen molar-refractivity contribution in [3.63, 3.8) is 0 Å². The van der Waals surface area contributed by atoms with Gasteiger partial charge in [-0.05, 0) is 57.3 Å². The molecule has 0 unspecified atom stereocenters. The van der Waals surface area contributed by atoms with E-state index in [4.69, 9.17) is 5.26 Å². The fraction of sp³-hybridized carbons (Fsp3) is 0.261. The Morgan fingerprint density at radius 3 is 2.48 bits per heavy atom. The van der Waals surface area contributed by atoms with Gasteiger partial charge >= 0.3 is 0 Å². The molecule has 6 heteroatoms. The lowest BCUT2D eigenvalue weighted by Crippen LogP contribution is -2.24. The van der Waals surface area contributed by atoms with Gasteiger partial charge in [0.15, 0.2) is 0 Å². The maximum absolute atomic E-state index is 12.2. The van der Waals surface area contributed by atoms with E-state index in [9.17, 15) is 4.79 Å². The minimum absolute atomic E-state index is 0.0463. The summed E-state index contributed by atoms with van der Waals surface area (Å²) < 4.78 is 1.97. The van der Waals surface area contributed by atoms with Crippen molar-refractivity contribution in [1.29, 1.82) is 5.26 Å². The lowest BCUT2D eigenvalue weighted by atomic mass is 10.2. The zero-order valence-electron chi connectivity index (χ0n) is 17.0. The number of anilines is 1. The minimum Gasteiger partial charge on any atom is -0.326 e. The molecule has 0 bridgehead atoms. The van der Waals surface area contributed by atoms with Crippen LogP contribution >= 0.6 is 0 Å². The van der Waals surface area contributed by atoms with Crippen LogP contribution in [0.4, 0.5) is 5.69 Å². The van der Waals surface area contributed by atoms with Gasteiger partial charge in [0.05, 0.1) is 23.0 Å². The number of amides is 1. The zero-order chi connectivity index (χ0) is 20.8. The molecule has 2 aromatic carbocycles. The predicted octanol–water partition coefficient (Wildman–Crippen LogP) is 3.82. The Bertz CT molecular complexity index is 1020. The number of para-hydroxylation sites is 1. The highest BCUT2D eigenvalue weighted by Gasteiger charge is 2.15. The SMILES string of the molecule is Cc1nn(-c2ccccc2)c(C)c1CN(C)CCC(=O)Nc1ccc(C#N)cc1. The van der Waals surface area contributed by atoms with E-state index in [0.29, 0.717) is 24.2 Å². The molecule has 1 aromatic heterocycles. The van der Waals surface area contributed by atoms with Crippen LogP contribution in [0.3, 0.4) is 0 Å². The van der Waals surface area contributed by atoms with Crippen LogP contribution in [0.1, 0.15) is 28.9 Å².